The molecular formula is C19H32OTe. The van der Waals surface area contributed by atoms with E-state index >= 15 is 0 Å². The van der Waals surface area contributed by atoms with Crippen molar-refractivity contribution in [3.05, 3.63) is 23.8 Å². The first-order valence-electron chi connectivity index (χ1n) is 8.30. The fraction of sp³-hybridized carbons (Fsp3) is 0.684. The van der Waals surface area contributed by atoms with E-state index in [0.717, 1.165) is 5.75 Å². The van der Waals surface area contributed by atoms with Gasteiger partial charge in [-0.15, -0.1) is 0 Å². The topological polar surface area (TPSA) is 9.23 Å². The second-order valence-corrected chi connectivity index (χ2v) is 10.1. The zero-order valence-electron chi connectivity index (χ0n) is 14.5. The average molecular weight is 404 g/mol. The fourth-order valence-corrected chi connectivity index (χ4v) is 5.15. The van der Waals surface area contributed by atoms with Gasteiger partial charge in [0, 0.05) is 0 Å². The van der Waals surface area contributed by atoms with E-state index < -0.39 is 0 Å². The summed E-state index contributed by atoms with van der Waals surface area (Å²) in [4.78, 5) is 0. The van der Waals surface area contributed by atoms with Crippen LogP contribution in [0.25, 0.3) is 0 Å². The van der Waals surface area contributed by atoms with E-state index in [4.69, 9.17) is 4.74 Å². The number of benzene rings is 1. The molecule has 0 radical (unpaired) electrons. The van der Waals surface area contributed by atoms with Crippen molar-refractivity contribution in [3.63, 3.8) is 0 Å². The van der Waals surface area contributed by atoms with Gasteiger partial charge in [-0.3, -0.25) is 0 Å². The third-order valence-corrected chi connectivity index (χ3v) is 6.83. The number of ether oxygens (including phenoxy) is 1. The molecule has 1 rings (SSSR count). The first kappa shape index (κ1) is 18.9. The molecule has 0 amide bonds. The molecule has 0 unspecified atom stereocenters. The van der Waals surface area contributed by atoms with E-state index in [-0.39, 0.29) is 26.3 Å². The summed E-state index contributed by atoms with van der Waals surface area (Å²) in [5.41, 5.74) is 1.52. The van der Waals surface area contributed by atoms with Gasteiger partial charge in [0.2, 0.25) is 0 Å². The molecule has 0 atom stereocenters. The Hall–Kier alpha value is -0.190. The van der Waals surface area contributed by atoms with Crippen LogP contribution < -0.4 is 8.35 Å². The monoisotopic (exact) mass is 406 g/mol. The molecule has 0 aliphatic carbocycles. The minimum absolute atomic E-state index is 0.0259. The van der Waals surface area contributed by atoms with Crippen LogP contribution in [0, 0.1) is 0 Å². The van der Waals surface area contributed by atoms with Gasteiger partial charge in [-0.1, -0.05) is 0 Å². The molecule has 0 spiro atoms. The predicted molar refractivity (Wildman–Crippen MR) is 95.3 cm³/mol. The van der Waals surface area contributed by atoms with Crippen LogP contribution in [-0.2, 0) is 5.41 Å². The van der Waals surface area contributed by atoms with Crippen LogP contribution in [0.2, 0.25) is 4.47 Å². The third-order valence-electron chi connectivity index (χ3n) is 3.75. The Bertz CT molecular complexity index is 407. The quantitative estimate of drug-likeness (QED) is 0.411. The van der Waals surface area contributed by atoms with Crippen molar-refractivity contribution < 1.29 is 4.74 Å². The zero-order valence-corrected chi connectivity index (χ0v) is 16.8. The Morgan fingerprint density at radius 2 is 1.67 bits per heavy atom. The number of methoxy groups -OCH3 is 1. The van der Waals surface area contributed by atoms with Crippen molar-refractivity contribution in [2.75, 3.05) is 7.11 Å². The van der Waals surface area contributed by atoms with Crippen molar-refractivity contribution in [2.45, 2.75) is 76.1 Å². The predicted octanol–water partition coefficient (Wildman–Crippen LogP) is 5.10. The molecule has 0 aliphatic rings. The van der Waals surface area contributed by atoms with Gasteiger partial charge in [0.15, 0.2) is 0 Å². The van der Waals surface area contributed by atoms with Crippen molar-refractivity contribution in [1.82, 2.24) is 0 Å². The molecule has 1 aromatic carbocycles. The molecule has 0 bridgehead atoms. The summed E-state index contributed by atoms with van der Waals surface area (Å²) in [6.45, 7) is 9.08. The van der Waals surface area contributed by atoms with Gasteiger partial charge in [-0.05, 0) is 0 Å². The minimum atomic E-state index is -0.0259. The van der Waals surface area contributed by atoms with Crippen LogP contribution in [-0.4, -0.2) is 28.0 Å². The maximum atomic E-state index is 5.52. The molecule has 0 aliphatic heterocycles. The number of hydrogen-bond acceptors (Lipinski definition) is 1. The first-order valence-corrected chi connectivity index (χ1v) is 11.1. The van der Waals surface area contributed by atoms with Crippen LogP contribution in [0.4, 0.5) is 0 Å². The van der Waals surface area contributed by atoms with Crippen LogP contribution in [0.15, 0.2) is 18.2 Å². The number of hydrogen-bond donors (Lipinski definition) is 0. The normalized spacial score (nSPS) is 11.7. The van der Waals surface area contributed by atoms with Crippen molar-refractivity contribution in [1.29, 1.82) is 0 Å². The van der Waals surface area contributed by atoms with Crippen molar-refractivity contribution in [2.24, 2.45) is 0 Å². The Morgan fingerprint density at radius 3 is 2.29 bits per heavy atom. The van der Waals surface area contributed by atoms with Crippen LogP contribution in [0.1, 0.15) is 71.8 Å². The van der Waals surface area contributed by atoms with E-state index in [1.165, 1.54) is 48.6 Å². The summed E-state index contributed by atoms with van der Waals surface area (Å²) in [7, 11) is 1.78. The van der Waals surface area contributed by atoms with Crippen molar-refractivity contribution in [3.8, 4) is 5.75 Å². The molecule has 0 fully saturated rings. The van der Waals surface area contributed by atoms with Gasteiger partial charge >= 0.3 is 142 Å². The van der Waals surface area contributed by atoms with Crippen LogP contribution in [0.5, 0.6) is 5.75 Å². The third kappa shape index (κ3) is 7.07. The number of rotatable bonds is 9. The van der Waals surface area contributed by atoms with Crippen molar-refractivity contribution >= 4 is 24.5 Å². The molecule has 2 heteroatoms. The molecule has 0 N–H and O–H groups in total. The molecule has 0 saturated heterocycles. The van der Waals surface area contributed by atoms with E-state index in [9.17, 15) is 0 Å². The Morgan fingerprint density at radius 1 is 1.00 bits per heavy atom. The molecule has 0 aromatic heterocycles. The first-order chi connectivity index (χ1) is 9.99. The molecule has 120 valence electrons. The summed E-state index contributed by atoms with van der Waals surface area (Å²) in [6.07, 6.45) is 8.44. The Kier molecular flexibility index (Phi) is 8.76. The molecule has 1 nitrogen and oxygen atoms in total. The summed E-state index contributed by atoms with van der Waals surface area (Å²) in [5, 5.41) is 0. The van der Waals surface area contributed by atoms with Gasteiger partial charge in [0.05, 0.1) is 0 Å². The second-order valence-electron chi connectivity index (χ2n) is 6.73. The average Bonchev–Trinajstić information content (AvgIpc) is 2.45. The Labute approximate surface area is 141 Å². The molecule has 0 saturated carbocycles. The van der Waals surface area contributed by atoms with Gasteiger partial charge in [0.25, 0.3) is 0 Å². The SMILES string of the molecule is CCCCCCCC[Te]c1ccc(OC)c(C(C)(C)C)c1. The standard InChI is InChI=1S/C19H32OTe/c1-6-7-8-9-10-11-14-21-16-12-13-18(20-5)17(15-16)19(2,3)4/h12-13,15H,6-11,14H2,1-5H3. The fourth-order valence-electron chi connectivity index (χ4n) is 2.44. The van der Waals surface area contributed by atoms with Gasteiger partial charge in [-0.25, -0.2) is 0 Å². The summed E-state index contributed by atoms with van der Waals surface area (Å²) < 4.78 is 8.54. The van der Waals surface area contributed by atoms with Gasteiger partial charge in [0.1, 0.15) is 0 Å². The van der Waals surface area contributed by atoms with Gasteiger partial charge in [-0.2, -0.15) is 0 Å². The molecule has 21 heavy (non-hydrogen) atoms. The van der Waals surface area contributed by atoms with Crippen LogP contribution >= 0.6 is 0 Å². The zero-order chi connectivity index (χ0) is 15.7. The molecule has 0 heterocycles. The van der Waals surface area contributed by atoms with Gasteiger partial charge < -0.3 is 0 Å². The molecule has 1 aromatic rings. The summed E-state index contributed by atoms with van der Waals surface area (Å²) in [5.74, 6) is 1.04. The van der Waals surface area contributed by atoms with E-state index in [0.29, 0.717) is 0 Å². The Balaban J connectivity index is 2.46. The summed E-state index contributed by atoms with van der Waals surface area (Å²) in [6, 6.07) is 6.85. The second kappa shape index (κ2) is 9.75. The number of unbranched alkanes of at least 4 members (excludes halogenated alkanes) is 5. The van der Waals surface area contributed by atoms with E-state index in [1.807, 2.05) is 0 Å². The van der Waals surface area contributed by atoms with E-state index in [2.05, 4.69) is 45.9 Å². The van der Waals surface area contributed by atoms with Crippen LogP contribution in [0.3, 0.4) is 0 Å². The maximum absolute atomic E-state index is 5.52. The summed E-state index contributed by atoms with van der Waals surface area (Å²) >= 11 is -0.0259. The molecular weight excluding hydrogens is 372 g/mol. The van der Waals surface area contributed by atoms with E-state index in [1.54, 1.807) is 10.7 Å².